The summed E-state index contributed by atoms with van der Waals surface area (Å²) in [4.78, 5) is 22.9. The van der Waals surface area contributed by atoms with Gasteiger partial charge in [0, 0.05) is 12.8 Å². The van der Waals surface area contributed by atoms with Crippen molar-refractivity contribution < 1.29 is 19.4 Å². The average molecular weight is 539 g/mol. The Balaban J connectivity index is 3.57. The first-order chi connectivity index (χ1) is 18.6. The van der Waals surface area contributed by atoms with Crippen molar-refractivity contribution >= 4 is 11.9 Å². The predicted molar refractivity (Wildman–Crippen MR) is 163 cm³/mol. The molecule has 0 aromatic rings. The molecule has 0 aromatic heterocycles. The van der Waals surface area contributed by atoms with Gasteiger partial charge in [-0.25, -0.2) is 0 Å². The highest BCUT2D eigenvalue weighted by molar-refractivity contribution is 5.69. The molecule has 1 unspecified atom stereocenters. The van der Waals surface area contributed by atoms with E-state index in [1.807, 2.05) is 0 Å². The summed E-state index contributed by atoms with van der Waals surface area (Å²) in [5.74, 6) is -0.693. The molecule has 0 spiro atoms. The molecule has 0 aliphatic rings. The maximum atomic E-state index is 12.4. The quantitative estimate of drug-likeness (QED) is 0.0704. The van der Waals surface area contributed by atoms with Crippen molar-refractivity contribution in [1.29, 1.82) is 0 Å². The highest BCUT2D eigenvalue weighted by atomic mass is 16.5. The summed E-state index contributed by atoms with van der Waals surface area (Å²) in [7, 11) is 0. The number of carbonyl (C=O) groups is 2. The minimum Gasteiger partial charge on any atom is -0.481 e. The fourth-order valence-electron chi connectivity index (χ4n) is 5.29. The van der Waals surface area contributed by atoms with Gasteiger partial charge in [0.05, 0.1) is 0 Å². The van der Waals surface area contributed by atoms with Crippen LogP contribution in [0.2, 0.25) is 0 Å². The molecule has 0 saturated carbocycles. The summed E-state index contributed by atoms with van der Waals surface area (Å²) < 4.78 is 5.85. The summed E-state index contributed by atoms with van der Waals surface area (Å²) in [5.41, 5.74) is 0. The Morgan fingerprint density at radius 3 is 1.24 bits per heavy atom. The monoisotopic (exact) mass is 538 g/mol. The molecule has 0 amide bonds. The van der Waals surface area contributed by atoms with Gasteiger partial charge in [0.2, 0.25) is 0 Å². The second-order valence-corrected chi connectivity index (χ2v) is 11.7. The van der Waals surface area contributed by atoms with Gasteiger partial charge in [-0.2, -0.15) is 0 Å². The number of rotatable bonds is 31. The summed E-state index contributed by atoms with van der Waals surface area (Å²) in [6.45, 7) is 4.47. The summed E-state index contributed by atoms with van der Waals surface area (Å²) in [6, 6.07) is 0. The van der Waals surface area contributed by atoms with E-state index >= 15 is 0 Å². The van der Waals surface area contributed by atoms with Gasteiger partial charge in [-0.15, -0.1) is 0 Å². The van der Waals surface area contributed by atoms with E-state index in [1.54, 1.807) is 0 Å². The van der Waals surface area contributed by atoms with Gasteiger partial charge in [0.15, 0.2) is 0 Å². The lowest BCUT2D eigenvalue weighted by Crippen LogP contribution is -2.18. The lowest BCUT2D eigenvalue weighted by Gasteiger charge is -2.18. The van der Waals surface area contributed by atoms with Gasteiger partial charge in [-0.1, -0.05) is 155 Å². The number of ether oxygens (including phenoxy) is 1. The number of aliphatic carboxylic acids is 1. The van der Waals surface area contributed by atoms with Gasteiger partial charge in [-0.3, -0.25) is 9.59 Å². The SMILES string of the molecule is CCCCCCCCCCCCCCCCCCCC(=O)OC(CCCC)CCCCCCCCC(=O)O. The molecule has 4 heteroatoms. The van der Waals surface area contributed by atoms with Gasteiger partial charge in [0.25, 0.3) is 0 Å². The highest BCUT2D eigenvalue weighted by Gasteiger charge is 2.13. The molecule has 0 aliphatic heterocycles. The number of hydrogen-bond donors (Lipinski definition) is 1. The molecule has 1 N–H and O–H groups in total. The van der Waals surface area contributed by atoms with Crippen molar-refractivity contribution in [3.8, 4) is 0 Å². The van der Waals surface area contributed by atoms with Crippen LogP contribution < -0.4 is 0 Å². The maximum absolute atomic E-state index is 12.4. The molecule has 0 aromatic carbocycles. The van der Waals surface area contributed by atoms with Crippen molar-refractivity contribution in [1.82, 2.24) is 0 Å². The standard InChI is InChI=1S/C34H66O4/c1-3-5-7-8-9-10-11-12-13-14-15-16-17-18-19-24-27-31-34(37)38-32(28-6-4-2)29-25-22-20-21-23-26-30-33(35)36/h32H,3-31H2,1-2H3,(H,35,36). The van der Waals surface area contributed by atoms with Crippen LogP contribution in [0, 0.1) is 0 Å². The van der Waals surface area contributed by atoms with Gasteiger partial charge >= 0.3 is 11.9 Å². The Kier molecular flexibility index (Phi) is 29.6. The predicted octanol–water partition coefficient (Wildman–Crippen LogP) is 11.3. The first-order valence-electron chi connectivity index (χ1n) is 17.0. The molecule has 0 bridgehead atoms. The third-order valence-electron chi connectivity index (χ3n) is 7.83. The molecule has 0 heterocycles. The average Bonchev–Trinajstić information content (AvgIpc) is 2.90. The number of unbranched alkanes of at least 4 members (excludes halogenated alkanes) is 22. The number of carboxylic acid groups (broad SMARTS) is 1. The highest BCUT2D eigenvalue weighted by Crippen LogP contribution is 2.18. The molecular formula is C34H66O4. The molecule has 0 aliphatic carbocycles. The van der Waals surface area contributed by atoms with Crippen LogP contribution in [0.25, 0.3) is 0 Å². The van der Waals surface area contributed by atoms with Crippen molar-refractivity contribution in [2.45, 2.75) is 206 Å². The molecular weight excluding hydrogens is 472 g/mol. The van der Waals surface area contributed by atoms with Crippen molar-refractivity contribution in [3.05, 3.63) is 0 Å². The Bertz CT molecular complexity index is 505. The largest absolute Gasteiger partial charge is 0.481 e. The van der Waals surface area contributed by atoms with Crippen LogP contribution in [-0.2, 0) is 14.3 Å². The number of hydrogen-bond acceptors (Lipinski definition) is 3. The van der Waals surface area contributed by atoms with E-state index in [2.05, 4.69) is 13.8 Å². The third-order valence-corrected chi connectivity index (χ3v) is 7.83. The Morgan fingerprint density at radius 1 is 0.474 bits per heavy atom. The second kappa shape index (κ2) is 30.5. The van der Waals surface area contributed by atoms with Crippen LogP contribution in [0.3, 0.4) is 0 Å². The Morgan fingerprint density at radius 2 is 0.816 bits per heavy atom. The molecule has 0 fully saturated rings. The minimum absolute atomic E-state index is 0.000679. The van der Waals surface area contributed by atoms with E-state index in [9.17, 15) is 9.59 Å². The van der Waals surface area contributed by atoms with Gasteiger partial charge in [-0.05, 0) is 32.1 Å². The first kappa shape index (κ1) is 36.9. The minimum atomic E-state index is -0.694. The molecule has 1 atom stereocenters. The Hall–Kier alpha value is -1.06. The van der Waals surface area contributed by atoms with Crippen molar-refractivity contribution in [3.63, 3.8) is 0 Å². The van der Waals surface area contributed by atoms with Gasteiger partial charge in [0.1, 0.15) is 6.10 Å². The normalized spacial score (nSPS) is 12.1. The first-order valence-corrected chi connectivity index (χ1v) is 17.0. The number of carbonyl (C=O) groups excluding carboxylic acids is 1. The zero-order valence-electron chi connectivity index (χ0n) is 25.8. The number of carboxylic acids is 1. The van der Waals surface area contributed by atoms with E-state index in [0.29, 0.717) is 6.42 Å². The summed E-state index contributed by atoms with van der Waals surface area (Å²) in [6.07, 6.45) is 34.4. The zero-order chi connectivity index (χ0) is 27.9. The molecule has 4 nitrogen and oxygen atoms in total. The van der Waals surface area contributed by atoms with Crippen molar-refractivity contribution in [2.75, 3.05) is 0 Å². The maximum Gasteiger partial charge on any atom is 0.306 e. The van der Waals surface area contributed by atoms with E-state index in [-0.39, 0.29) is 18.5 Å². The van der Waals surface area contributed by atoms with Crippen LogP contribution in [0.1, 0.15) is 200 Å². The van der Waals surface area contributed by atoms with E-state index < -0.39 is 5.97 Å². The lowest BCUT2D eigenvalue weighted by atomic mass is 10.0. The van der Waals surface area contributed by atoms with E-state index in [4.69, 9.17) is 9.84 Å². The molecule has 226 valence electrons. The smallest absolute Gasteiger partial charge is 0.306 e. The van der Waals surface area contributed by atoms with Crippen LogP contribution in [0.4, 0.5) is 0 Å². The molecule has 0 rings (SSSR count). The second-order valence-electron chi connectivity index (χ2n) is 11.7. The molecule has 0 radical (unpaired) electrons. The van der Waals surface area contributed by atoms with E-state index in [0.717, 1.165) is 77.0 Å². The number of esters is 1. The molecule has 0 saturated heterocycles. The van der Waals surface area contributed by atoms with E-state index in [1.165, 1.54) is 96.3 Å². The van der Waals surface area contributed by atoms with Crippen LogP contribution in [0.15, 0.2) is 0 Å². The molecule has 38 heavy (non-hydrogen) atoms. The fraction of sp³-hybridized carbons (Fsp3) is 0.941. The topological polar surface area (TPSA) is 63.6 Å². The fourth-order valence-corrected chi connectivity index (χ4v) is 5.29. The summed E-state index contributed by atoms with van der Waals surface area (Å²) in [5, 5.41) is 8.69. The van der Waals surface area contributed by atoms with Gasteiger partial charge < -0.3 is 9.84 Å². The zero-order valence-corrected chi connectivity index (χ0v) is 25.8. The third kappa shape index (κ3) is 29.5. The summed E-state index contributed by atoms with van der Waals surface area (Å²) >= 11 is 0. The van der Waals surface area contributed by atoms with Crippen LogP contribution in [0.5, 0.6) is 0 Å². The lowest BCUT2D eigenvalue weighted by molar-refractivity contribution is -0.150. The van der Waals surface area contributed by atoms with Crippen molar-refractivity contribution in [2.24, 2.45) is 0 Å². The Labute approximate surface area is 237 Å². The van der Waals surface area contributed by atoms with Crippen LogP contribution in [-0.4, -0.2) is 23.1 Å². The van der Waals surface area contributed by atoms with Crippen LogP contribution >= 0.6 is 0 Å².